The number of aromatic nitrogens is 2. The largest absolute Gasteiger partial charge is 0.376 e. The van der Waals surface area contributed by atoms with Crippen molar-refractivity contribution in [1.82, 2.24) is 9.38 Å². The van der Waals surface area contributed by atoms with Crippen LogP contribution in [0.25, 0.3) is 5.65 Å². The molecular weight excluding hydrogens is 346 g/mol. The third kappa shape index (κ3) is 3.21. The number of hydrogen-bond acceptors (Lipinski definition) is 6. The van der Waals surface area contributed by atoms with E-state index < -0.39 is 16.2 Å². The van der Waals surface area contributed by atoms with E-state index in [0.29, 0.717) is 12.2 Å². The zero-order chi connectivity index (χ0) is 18.8. The minimum atomic E-state index is -0.694. The second-order valence-electron chi connectivity index (χ2n) is 6.48. The molecule has 0 atom stereocenters. The quantitative estimate of drug-likeness (QED) is 0.552. The van der Waals surface area contributed by atoms with Crippen molar-refractivity contribution < 1.29 is 4.92 Å². The molecule has 0 bridgehead atoms. The van der Waals surface area contributed by atoms with Gasteiger partial charge in [-0.3, -0.25) is 19.3 Å². The van der Waals surface area contributed by atoms with E-state index in [1.807, 2.05) is 18.2 Å². The van der Waals surface area contributed by atoms with Crippen molar-refractivity contribution in [3.05, 3.63) is 74.7 Å². The lowest BCUT2D eigenvalue weighted by Crippen LogP contribution is -2.22. The molecule has 3 aromatic rings. The highest BCUT2D eigenvalue weighted by Crippen LogP contribution is 2.26. The first-order valence-electron chi connectivity index (χ1n) is 8.87. The molecule has 8 heteroatoms. The molecule has 0 amide bonds. The molecule has 0 unspecified atom stereocenters. The molecule has 1 aliphatic rings. The Morgan fingerprint density at radius 1 is 1.11 bits per heavy atom. The fourth-order valence-electron chi connectivity index (χ4n) is 3.47. The minimum absolute atomic E-state index is 0.00701. The molecule has 0 saturated carbocycles. The summed E-state index contributed by atoms with van der Waals surface area (Å²) >= 11 is 0. The van der Waals surface area contributed by atoms with Crippen LogP contribution in [0.5, 0.6) is 0 Å². The number of nitrogens with zero attached hydrogens (tertiary/aromatic N) is 4. The third-order valence-corrected chi connectivity index (χ3v) is 4.78. The fraction of sp³-hybridized carbons (Fsp3) is 0.263. The van der Waals surface area contributed by atoms with Crippen molar-refractivity contribution >= 4 is 22.8 Å². The Hall–Kier alpha value is -3.42. The number of nitrogens with one attached hydrogen (secondary N) is 1. The summed E-state index contributed by atoms with van der Waals surface area (Å²) in [5, 5.41) is 14.5. The third-order valence-electron chi connectivity index (χ3n) is 4.78. The van der Waals surface area contributed by atoms with Crippen LogP contribution in [0.1, 0.15) is 18.4 Å². The summed E-state index contributed by atoms with van der Waals surface area (Å²) in [6, 6.07) is 13.0. The van der Waals surface area contributed by atoms with Crippen LogP contribution < -0.4 is 15.8 Å². The van der Waals surface area contributed by atoms with Crippen LogP contribution in [-0.2, 0) is 6.54 Å². The molecule has 2 aromatic heterocycles. The van der Waals surface area contributed by atoms with Crippen molar-refractivity contribution in [1.29, 1.82) is 0 Å². The Morgan fingerprint density at radius 2 is 1.85 bits per heavy atom. The molecule has 3 heterocycles. The monoisotopic (exact) mass is 365 g/mol. The lowest BCUT2D eigenvalue weighted by Gasteiger charge is -2.21. The number of fused-ring (bicyclic) bond motifs is 1. The van der Waals surface area contributed by atoms with Gasteiger partial charge in [0.15, 0.2) is 0 Å². The maximum absolute atomic E-state index is 12.5. The lowest BCUT2D eigenvalue weighted by molar-refractivity contribution is -0.385. The van der Waals surface area contributed by atoms with Gasteiger partial charge < -0.3 is 10.2 Å². The maximum atomic E-state index is 12.5. The van der Waals surface area contributed by atoms with E-state index in [9.17, 15) is 14.9 Å². The van der Waals surface area contributed by atoms with E-state index in [1.54, 1.807) is 18.2 Å². The van der Waals surface area contributed by atoms with Crippen molar-refractivity contribution in [3.8, 4) is 0 Å². The summed E-state index contributed by atoms with van der Waals surface area (Å²) < 4.78 is 1.18. The molecular formula is C19H19N5O3. The number of rotatable bonds is 5. The van der Waals surface area contributed by atoms with E-state index in [-0.39, 0.29) is 5.82 Å². The fourth-order valence-corrected chi connectivity index (χ4v) is 3.47. The number of anilines is 2. The van der Waals surface area contributed by atoms with Gasteiger partial charge in [0.1, 0.15) is 5.65 Å². The molecule has 1 saturated heterocycles. The van der Waals surface area contributed by atoms with Crippen LogP contribution in [0.4, 0.5) is 17.2 Å². The predicted molar refractivity (Wildman–Crippen MR) is 103 cm³/mol. The van der Waals surface area contributed by atoms with Crippen LogP contribution in [0.15, 0.2) is 53.5 Å². The number of pyridine rings is 1. The zero-order valence-electron chi connectivity index (χ0n) is 14.7. The van der Waals surface area contributed by atoms with E-state index in [1.165, 1.54) is 10.6 Å². The average molecular weight is 365 g/mol. The summed E-state index contributed by atoms with van der Waals surface area (Å²) in [5.74, 6) is -0.00701. The summed E-state index contributed by atoms with van der Waals surface area (Å²) in [7, 11) is 0. The lowest BCUT2D eigenvalue weighted by atomic mass is 10.1. The minimum Gasteiger partial charge on any atom is -0.371 e. The number of nitro groups is 1. The Balaban J connectivity index is 1.70. The molecule has 1 aromatic carbocycles. The van der Waals surface area contributed by atoms with Gasteiger partial charge in [-0.2, -0.15) is 0 Å². The summed E-state index contributed by atoms with van der Waals surface area (Å²) in [6.45, 7) is 2.36. The highest BCUT2D eigenvalue weighted by atomic mass is 16.6. The van der Waals surface area contributed by atoms with Gasteiger partial charge in [0.25, 0.3) is 0 Å². The smallest absolute Gasteiger partial charge is 0.371 e. The van der Waals surface area contributed by atoms with Gasteiger partial charge in [-0.05, 0) is 36.6 Å². The molecule has 1 aliphatic heterocycles. The van der Waals surface area contributed by atoms with Crippen molar-refractivity contribution in [2.24, 2.45) is 0 Å². The van der Waals surface area contributed by atoms with Crippen LogP contribution in [0, 0.1) is 10.1 Å². The Labute approximate surface area is 155 Å². The first-order chi connectivity index (χ1) is 13.1. The molecule has 8 nitrogen and oxygen atoms in total. The highest BCUT2D eigenvalue weighted by Gasteiger charge is 2.24. The number of hydrogen-bond donors (Lipinski definition) is 1. The van der Waals surface area contributed by atoms with E-state index in [4.69, 9.17) is 0 Å². The average Bonchev–Trinajstić information content (AvgIpc) is 3.21. The molecule has 4 rings (SSSR count). The second kappa shape index (κ2) is 7.06. The normalized spacial score (nSPS) is 13.9. The van der Waals surface area contributed by atoms with Crippen molar-refractivity contribution in [3.63, 3.8) is 0 Å². The van der Waals surface area contributed by atoms with Crippen LogP contribution in [0.2, 0.25) is 0 Å². The Kier molecular flexibility index (Phi) is 4.45. The van der Waals surface area contributed by atoms with Gasteiger partial charge in [0.2, 0.25) is 5.82 Å². The maximum Gasteiger partial charge on any atom is 0.376 e. The predicted octanol–water partition coefficient (Wildman–Crippen LogP) is 2.82. The standard InChI is InChI=1S/C19H19N5O3/c25-19-17(24(26)27)18(21-16-9-3-4-12-23(16)19)20-13-14-7-1-2-8-15(14)22-10-5-6-11-22/h1-4,7-9,12,20H,5-6,10-11,13H2. The molecule has 0 spiro atoms. The molecule has 0 radical (unpaired) electrons. The van der Waals surface area contributed by atoms with Gasteiger partial charge in [-0.25, -0.2) is 4.98 Å². The summed E-state index contributed by atoms with van der Waals surface area (Å²) in [5.41, 5.74) is 1.26. The SMILES string of the molecule is O=c1c([N+](=O)[O-])c(NCc2ccccc2N2CCCC2)nc2ccccn12. The number of para-hydroxylation sites is 1. The van der Waals surface area contributed by atoms with E-state index >= 15 is 0 Å². The first-order valence-corrected chi connectivity index (χ1v) is 8.87. The van der Waals surface area contributed by atoms with Gasteiger partial charge >= 0.3 is 11.2 Å². The Morgan fingerprint density at radius 3 is 2.63 bits per heavy atom. The van der Waals surface area contributed by atoms with Crippen LogP contribution in [-0.4, -0.2) is 27.4 Å². The van der Waals surface area contributed by atoms with E-state index in [0.717, 1.165) is 37.2 Å². The second-order valence-corrected chi connectivity index (χ2v) is 6.48. The highest BCUT2D eigenvalue weighted by molar-refractivity contribution is 5.61. The zero-order valence-corrected chi connectivity index (χ0v) is 14.7. The molecule has 1 fully saturated rings. The summed E-state index contributed by atoms with van der Waals surface area (Å²) in [6.07, 6.45) is 3.80. The van der Waals surface area contributed by atoms with Gasteiger partial charge in [-0.1, -0.05) is 24.3 Å². The van der Waals surface area contributed by atoms with Gasteiger partial charge in [0, 0.05) is 31.5 Å². The first kappa shape index (κ1) is 17.0. The van der Waals surface area contributed by atoms with Crippen molar-refractivity contribution in [2.45, 2.75) is 19.4 Å². The van der Waals surface area contributed by atoms with Gasteiger partial charge in [-0.15, -0.1) is 0 Å². The molecule has 138 valence electrons. The summed E-state index contributed by atoms with van der Waals surface area (Å²) in [4.78, 5) is 29.9. The van der Waals surface area contributed by atoms with Crippen LogP contribution >= 0.6 is 0 Å². The molecule has 27 heavy (non-hydrogen) atoms. The Bertz CT molecular complexity index is 1060. The molecule has 0 aliphatic carbocycles. The molecule has 1 N–H and O–H groups in total. The van der Waals surface area contributed by atoms with Crippen LogP contribution in [0.3, 0.4) is 0 Å². The topological polar surface area (TPSA) is 92.8 Å². The van der Waals surface area contributed by atoms with Crippen molar-refractivity contribution in [2.75, 3.05) is 23.3 Å². The number of benzene rings is 1. The van der Waals surface area contributed by atoms with E-state index in [2.05, 4.69) is 21.3 Å². The van der Waals surface area contributed by atoms with Gasteiger partial charge in [0.05, 0.1) is 4.92 Å².